The maximum atomic E-state index is 14.4. The molecule has 3 aromatic carbocycles. The first-order chi connectivity index (χ1) is 11.5. The van der Waals surface area contributed by atoms with Crippen molar-refractivity contribution in [2.45, 2.75) is 13.3 Å². The van der Waals surface area contributed by atoms with Gasteiger partial charge in [0.2, 0.25) is 0 Å². The Morgan fingerprint density at radius 3 is 2.33 bits per heavy atom. The molecule has 0 radical (unpaired) electrons. The molecule has 0 aliphatic heterocycles. The van der Waals surface area contributed by atoms with Crippen LogP contribution in [0.15, 0.2) is 54.6 Å². The highest BCUT2D eigenvalue weighted by molar-refractivity contribution is 5.88. The molecule has 24 heavy (non-hydrogen) atoms. The zero-order valence-corrected chi connectivity index (χ0v) is 12.9. The van der Waals surface area contributed by atoms with Gasteiger partial charge < -0.3 is 0 Å². The number of fused-ring (bicyclic) bond motifs is 1. The van der Waals surface area contributed by atoms with Crippen molar-refractivity contribution in [2.75, 3.05) is 0 Å². The van der Waals surface area contributed by atoms with Gasteiger partial charge in [-0.15, -0.1) is 0 Å². The Balaban J connectivity index is 2.08. The third kappa shape index (κ3) is 2.92. The summed E-state index contributed by atoms with van der Waals surface area (Å²) in [6.45, 7) is 1.89. The lowest BCUT2D eigenvalue weighted by molar-refractivity contribution is 0.453. The minimum absolute atomic E-state index is 0.0391. The summed E-state index contributed by atoms with van der Waals surface area (Å²) in [5.41, 5.74) is 1.63. The molecule has 122 valence electrons. The Labute approximate surface area is 137 Å². The van der Waals surface area contributed by atoms with Crippen LogP contribution in [0, 0.1) is 23.3 Å². The lowest BCUT2D eigenvalue weighted by Gasteiger charge is -2.08. The minimum atomic E-state index is -1.50. The van der Waals surface area contributed by atoms with Crippen molar-refractivity contribution in [3.05, 3.63) is 83.4 Å². The van der Waals surface area contributed by atoms with Gasteiger partial charge >= 0.3 is 0 Å². The minimum Gasteiger partial charge on any atom is -0.206 e. The molecule has 0 saturated heterocycles. The second kappa shape index (κ2) is 6.48. The molecular weight excluding hydrogens is 316 g/mol. The molecular formula is C20H14F4. The number of hydrogen-bond donors (Lipinski definition) is 0. The van der Waals surface area contributed by atoms with Crippen LogP contribution in [-0.2, 0) is 6.42 Å². The Hall–Kier alpha value is -2.62. The van der Waals surface area contributed by atoms with Crippen molar-refractivity contribution >= 4 is 10.8 Å². The zero-order valence-electron chi connectivity index (χ0n) is 12.9. The average Bonchev–Trinajstić information content (AvgIpc) is 2.57. The second-order valence-electron chi connectivity index (χ2n) is 5.51. The van der Waals surface area contributed by atoms with Crippen LogP contribution in [0.5, 0.6) is 0 Å². The van der Waals surface area contributed by atoms with Gasteiger partial charge in [0.05, 0.1) is 0 Å². The zero-order chi connectivity index (χ0) is 17.3. The first kappa shape index (κ1) is 16.2. The van der Waals surface area contributed by atoms with E-state index in [0.29, 0.717) is 17.5 Å². The van der Waals surface area contributed by atoms with Gasteiger partial charge in [-0.2, -0.15) is 0 Å². The van der Waals surface area contributed by atoms with Gasteiger partial charge in [0, 0.05) is 10.9 Å². The predicted molar refractivity (Wildman–Crippen MR) is 87.7 cm³/mol. The van der Waals surface area contributed by atoms with E-state index in [-0.39, 0.29) is 10.8 Å². The van der Waals surface area contributed by atoms with E-state index in [1.165, 1.54) is 24.3 Å². The fourth-order valence-electron chi connectivity index (χ4n) is 2.65. The van der Waals surface area contributed by atoms with Gasteiger partial charge in [-0.1, -0.05) is 36.4 Å². The van der Waals surface area contributed by atoms with Crippen LogP contribution in [0.25, 0.3) is 21.9 Å². The van der Waals surface area contributed by atoms with Crippen LogP contribution >= 0.6 is 0 Å². The quantitative estimate of drug-likeness (QED) is 0.305. The van der Waals surface area contributed by atoms with Crippen LogP contribution in [0.2, 0.25) is 0 Å². The highest BCUT2D eigenvalue weighted by Crippen LogP contribution is 2.30. The van der Waals surface area contributed by atoms with Crippen LogP contribution in [0.3, 0.4) is 0 Å². The number of halogens is 4. The monoisotopic (exact) mass is 330 g/mol. The molecule has 3 aromatic rings. The molecule has 0 saturated carbocycles. The first-order valence-corrected chi connectivity index (χ1v) is 7.48. The van der Waals surface area contributed by atoms with Gasteiger partial charge in [0.1, 0.15) is 5.82 Å². The van der Waals surface area contributed by atoms with Crippen molar-refractivity contribution in [3.63, 3.8) is 0 Å². The van der Waals surface area contributed by atoms with E-state index in [0.717, 1.165) is 11.6 Å². The Morgan fingerprint density at radius 1 is 0.833 bits per heavy atom. The predicted octanol–water partition coefficient (Wildman–Crippen LogP) is 6.18. The SMILES string of the molecule is CC=CCc1ccc(-c2ccc3c(F)c(F)c(F)cc3c2)c(F)c1. The maximum Gasteiger partial charge on any atom is 0.195 e. The van der Waals surface area contributed by atoms with E-state index in [9.17, 15) is 17.6 Å². The molecule has 0 atom stereocenters. The van der Waals surface area contributed by atoms with Crippen LogP contribution in [-0.4, -0.2) is 0 Å². The van der Waals surface area contributed by atoms with Gasteiger partial charge in [0.25, 0.3) is 0 Å². The highest BCUT2D eigenvalue weighted by atomic mass is 19.2. The molecule has 0 aromatic heterocycles. The largest absolute Gasteiger partial charge is 0.206 e. The summed E-state index contributed by atoms with van der Waals surface area (Å²) in [7, 11) is 0. The third-order valence-corrected chi connectivity index (χ3v) is 3.91. The Bertz CT molecular complexity index is 942. The highest BCUT2D eigenvalue weighted by Gasteiger charge is 2.14. The van der Waals surface area contributed by atoms with Crippen molar-refractivity contribution in [3.8, 4) is 11.1 Å². The number of allylic oxidation sites excluding steroid dienone is 2. The summed E-state index contributed by atoms with van der Waals surface area (Å²) in [5.74, 6) is -4.42. The lowest BCUT2D eigenvalue weighted by Crippen LogP contribution is -1.93. The van der Waals surface area contributed by atoms with Crippen LogP contribution < -0.4 is 0 Å². The summed E-state index contributed by atoms with van der Waals surface area (Å²) >= 11 is 0. The normalized spacial score (nSPS) is 11.5. The smallest absolute Gasteiger partial charge is 0.195 e. The molecule has 0 fully saturated rings. The molecule has 0 spiro atoms. The van der Waals surface area contributed by atoms with E-state index in [2.05, 4.69) is 0 Å². The average molecular weight is 330 g/mol. The van der Waals surface area contributed by atoms with E-state index in [4.69, 9.17) is 0 Å². The van der Waals surface area contributed by atoms with Crippen molar-refractivity contribution < 1.29 is 17.6 Å². The molecule has 0 bridgehead atoms. The number of benzene rings is 3. The van der Waals surface area contributed by atoms with Crippen molar-refractivity contribution in [1.29, 1.82) is 0 Å². The van der Waals surface area contributed by atoms with Crippen LogP contribution in [0.1, 0.15) is 12.5 Å². The molecule has 0 unspecified atom stereocenters. The van der Waals surface area contributed by atoms with E-state index in [1.54, 1.807) is 12.1 Å². The molecule has 0 amide bonds. The third-order valence-electron chi connectivity index (χ3n) is 3.91. The van der Waals surface area contributed by atoms with Gasteiger partial charge in [-0.25, -0.2) is 17.6 Å². The molecule has 4 heteroatoms. The van der Waals surface area contributed by atoms with E-state index in [1.807, 2.05) is 19.1 Å². The summed E-state index contributed by atoms with van der Waals surface area (Å²) in [6, 6.07) is 10.0. The standard InChI is InChI=1S/C20H14F4/c1-2-3-4-12-5-7-15(17(21)9-12)13-6-8-16-14(10-13)11-18(22)20(24)19(16)23/h2-3,5-11H,4H2,1H3. The summed E-state index contributed by atoms with van der Waals surface area (Å²) in [6.07, 6.45) is 4.43. The maximum absolute atomic E-state index is 14.4. The molecule has 0 nitrogen and oxygen atoms in total. The van der Waals surface area contributed by atoms with E-state index >= 15 is 0 Å². The fraction of sp³-hybridized carbons (Fsp3) is 0.100. The molecule has 3 rings (SSSR count). The molecule has 0 aliphatic carbocycles. The van der Waals surface area contributed by atoms with E-state index < -0.39 is 23.3 Å². The fourth-order valence-corrected chi connectivity index (χ4v) is 2.65. The molecule has 0 aliphatic rings. The van der Waals surface area contributed by atoms with Crippen LogP contribution in [0.4, 0.5) is 17.6 Å². The Morgan fingerprint density at radius 2 is 1.62 bits per heavy atom. The number of rotatable bonds is 3. The molecule has 0 N–H and O–H groups in total. The number of hydrogen-bond acceptors (Lipinski definition) is 0. The summed E-state index contributed by atoms with van der Waals surface area (Å²) in [4.78, 5) is 0. The van der Waals surface area contributed by atoms with Gasteiger partial charge in [-0.3, -0.25) is 0 Å². The van der Waals surface area contributed by atoms with Crippen molar-refractivity contribution in [2.24, 2.45) is 0 Å². The second-order valence-corrected chi connectivity index (χ2v) is 5.51. The first-order valence-electron chi connectivity index (χ1n) is 7.48. The van der Waals surface area contributed by atoms with Gasteiger partial charge in [0.15, 0.2) is 17.5 Å². The Kier molecular flexibility index (Phi) is 4.38. The summed E-state index contributed by atoms with van der Waals surface area (Å²) in [5, 5.41) is 0.143. The lowest BCUT2D eigenvalue weighted by atomic mass is 9.98. The topological polar surface area (TPSA) is 0 Å². The van der Waals surface area contributed by atoms with Crippen molar-refractivity contribution in [1.82, 2.24) is 0 Å². The van der Waals surface area contributed by atoms with Gasteiger partial charge in [-0.05, 0) is 48.1 Å². The molecule has 0 heterocycles. The summed E-state index contributed by atoms with van der Waals surface area (Å²) < 4.78 is 54.8.